The van der Waals surface area contributed by atoms with E-state index in [0.717, 1.165) is 33.8 Å². The minimum atomic E-state index is -0.527. The first kappa shape index (κ1) is 20.2. The van der Waals surface area contributed by atoms with Gasteiger partial charge in [0.2, 0.25) is 0 Å². The third kappa shape index (κ3) is 4.32. The van der Waals surface area contributed by atoms with Crippen LogP contribution in [0.25, 0.3) is 0 Å². The average molecular weight is 382 g/mol. The molecule has 0 radical (unpaired) electrons. The molecule has 150 valence electrons. The minimum Gasteiger partial charge on any atom is -0.487 e. The van der Waals surface area contributed by atoms with Gasteiger partial charge in [0.05, 0.1) is 6.04 Å². The number of carbonyl (C=O) groups excluding carboxylic acids is 1. The van der Waals surface area contributed by atoms with Crippen LogP contribution in [0, 0.1) is 20.8 Å². The van der Waals surface area contributed by atoms with E-state index in [4.69, 9.17) is 9.47 Å². The Bertz CT molecular complexity index is 872. The van der Waals surface area contributed by atoms with Gasteiger partial charge in [-0.25, -0.2) is 0 Å². The standard InChI is InChI=1S/C24H31NO3/c1-7-20(27-21-10-8-9-16(3)17(21)4)23(26)25-19-14-24(5,6)28-22-13-15(2)11-12-18(19)22/h8-13,19-20H,7,14H2,1-6H3,(H,25,26)/t19-,20-/m1/s1. The molecule has 1 aliphatic rings. The molecule has 4 heteroatoms. The highest BCUT2D eigenvalue weighted by molar-refractivity contribution is 5.81. The van der Waals surface area contributed by atoms with Gasteiger partial charge in [-0.2, -0.15) is 0 Å². The molecule has 2 atom stereocenters. The number of benzene rings is 2. The number of aryl methyl sites for hydroxylation is 2. The number of ether oxygens (including phenoxy) is 2. The van der Waals surface area contributed by atoms with Crippen molar-refractivity contribution in [2.45, 2.75) is 72.1 Å². The van der Waals surface area contributed by atoms with Gasteiger partial charge in [0.1, 0.15) is 17.1 Å². The molecule has 0 saturated heterocycles. The molecule has 2 aromatic rings. The van der Waals surface area contributed by atoms with E-state index in [-0.39, 0.29) is 17.6 Å². The summed E-state index contributed by atoms with van der Waals surface area (Å²) < 4.78 is 12.2. The van der Waals surface area contributed by atoms with Crippen molar-refractivity contribution in [1.29, 1.82) is 0 Å². The van der Waals surface area contributed by atoms with Crippen molar-refractivity contribution in [3.05, 3.63) is 58.7 Å². The number of fused-ring (bicyclic) bond motifs is 1. The van der Waals surface area contributed by atoms with Crippen LogP contribution in [0.4, 0.5) is 0 Å². The van der Waals surface area contributed by atoms with Gasteiger partial charge in [-0.1, -0.05) is 31.2 Å². The van der Waals surface area contributed by atoms with Crippen molar-refractivity contribution < 1.29 is 14.3 Å². The van der Waals surface area contributed by atoms with Crippen molar-refractivity contribution in [1.82, 2.24) is 5.32 Å². The van der Waals surface area contributed by atoms with Gasteiger partial charge in [0.25, 0.3) is 5.91 Å². The van der Waals surface area contributed by atoms with Crippen molar-refractivity contribution in [2.75, 3.05) is 0 Å². The monoisotopic (exact) mass is 381 g/mol. The zero-order valence-electron chi connectivity index (χ0n) is 17.8. The quantitative estimate of drug-likeness (QED) is 0.775. The molecule has 1 N–H and O–H groups in total. The molecule has 0 spiro atoms. The van der Waals surface area contributed by atoms with E-state index in [9.17, 15) is 4.79 Å². The zero-order valence-corrected chi connectivity index (χ0v) is 17.8. The highest BCUT2D eigenvalue weighted by Crippen LogP contribution is 2.40. The molecule has 0 aromatic heterocycles. The van der Waals surface area contributed by atoms with Crippen LogP contribution in [-0.4, -0.2) is 17.6 Å². The van der Waals surface area contributed by atoms with Crippen molar-refractivity contribution in [2.24, 2.45) is 0 Å². The summed E-state index contributed by atoms with van der Waals surface area (Å²) in [6.07, 6.45) is 0.793. The van der Waals surface area contributed by atoms with Gasteiger partial charge in [0, 0.05) is 12.0 Å². The lowest BCUT2D eigenvalue weighted by atomic mass is 9.89. The Morgan fingerprint density at radius 3 is 2.71 bits per heavy atom. The van der Waals surface area contributed by atoms with E-state index in [1.807, 2.05) is 52.0 Å². The normalized spacial score (nSPS) is 18.6. The third-order valence-electron chi connectivity index (χ3n) is 5.43. The van der Waals surface area contributed by atoms with Gasteiger partial charge in [-0.3, -0.25) is 4.79 Å². The molecule has 0 fully saturated rings. The topological polar surface area (TPSA) is 47.6 Å². The average Bonchev–Trinajstić information content (AvgIpc) is 2.61. The molecule has 0 aliphatic carbocycles. The maximum absolute atomic E-state index is 13.1. The molecule has 1 heterocycles. The smallest absolute Gasteiger partial charge is 0.261 e. The van der Waals surface area contributed by atoms with E-state index < -0.39 is 6.10 Å². The maximum Gasteiger partial charge on any atom is 0.261 e. The summed E-state index contributed by atoms with van der Waals surface area (Å²) in [5.41, 5.74) is 4.06. The van der Waals surface area contributed by atoms with Gasteiger partial charge < -0.3 is 14.8 Å². The lowest BCUT2D eigenvalue weighted by Gasteiger charge is -2.38. The molecule has 28 heavy (non-hydrogen) atoms. The molecule has 2 aromatic carbocycles. The van der Waals surface area contributed by atoms with Gasteiger partial charge >= 0.3 is 0 Å². The number of amides is 1. The lowest BCUT2D eigenvalue weighted by Crippen LogP contribution is -2.45. The van der Waals surface area contributed by atoms with E-state index in [0.29, 0.717) is 12.8 Å². The molecule has 0 saturated carbocycles. The predicted octanol–water partition coefficient (Wildman–Crippen LogP) is 5.19. The molecular formula is C24H31NO3. The van der Waals surface area contributed by atoms with Crippen LogP contribution in [0.5, 0.6) is 11.5 Å². The Labute approximate surface area is 168 Å². The first-order valence-corrected chi connectivity index (χ1v) is 10.0. The summed E-state index contributed by atoms with van der Waals surface area (Å²) in [6.45, 7) is 12.2. The van der Waals surface area contributed by atoms with Crippen LogP contribution in [-0.2, 0) is 4.79 Å². The number of hydrogen-bond acceptors (Lipinski definition) is 3. The molecule has 0 bridgehead atoms. The van der Waals surface area contributed by atoms with Crippen LogP contribution in [0.3, 0.4) is 0 Å². The highest BCUT2D eigenvalue weighted by atomic mass is 16.5. The summed E-state index contributed by atoms with van der Waals surface area (Å²) in [7, 11) is 0. The maximum atomic E-state index is 13.1. The second-order valence-corrected chi connectivity index (χ2v) is 8.38. The van der Waals surface area contributed by atoms with Gasteiger partial charge in [-0.05, 0) is 69.9 Å². The zero-order chi connectivity index (χ0) is 20.5. The Balaban J connectivity index is 1.80. The Hall–Kier alpha value is -2.49. The Morgan fingerprint density at radius 1 is 1.25 bits per heavy atom. The highest BCUT2D eigenvalue weighted by Gasteiger charge is 2.35. The van der Waals surface area contributed by atoms with E-state index in [2.05, 4.69) is 31.3 Å². The Morgan fingerprint density at radius 2 is 2.00 bits per heavy atom. The summed E-state index contributed by atoms with van der Waals surface area (Å²) in [5.74, 6) is 1.54. The fourth-order valence-electron chi connectivity index (χ4n) is 3.68. The van der Waals surface area contributed by atoms with Crippen LogP contribution in [0.15, 0.2) is 36.4 Å². The number of rotatable bonds is 5. The Kier molecular flexibility index (Phi) is 5.69. The summed E-state index contributed by atoms with van der Waals surface area (Å²) >= 11 is 0. The number of hydrogen-bond donors (Lipinski definition) is 1. The second kappa shape index (κ2) is 7.86. The minimum absolute atomic E-state index is 0.0855. The van der Waals surface area contributed by atoms with Gasteiger partial charge in [-0.15, -0.1) is 0 Å². The van der Waals surface area contributed by atoms with Crippen molar-refractivity contribution >= 4 is 5.91 Å². The van der Waals surface area contributed by atoms with Gasteiger partial charge in [0.15, 0.2) is 6.10 Å². The van der Waals surface area contributed by atoms with Crippen molar-refractivity contribution in [3.63, 3.8) is 0 Å². The molecular weight excluding hydrogens is 350 g/mol. The van der Waals surface area contributed by atoms with Crippen LogP contribution >= 0.6 is 0 Å². The van der Waals surface area contributed by atoms with E-state index in [1.54, 1.807) is 0 Å². The summed E-state index contributed by atoms with van der Waals surface area (Å²) in [6, 6.07) is 12.0. The first-order chi connectivity index (χ1) is 13.2. The number of nitrogens with one attached hydrogen (secondary N) is 1. The van der Waals surface area contributed by atoms with Crippen LogP contribution in [0.2, 0.25) is 0 Å². The second-order valence-electron chi connectivity index (χ2n) is 8.38. The van der Waals surface area contributed by atoms with E-state index >= 15 is 0 Å². The number of carbonyl (C=O) groups is 1. The largest absolute Gasteiger partial charge is 0.487 e. The van der Waals surface area contributed by atoms with Crippen LogP contribution in [0.1, 0.15) is 61.9 Å². The fraction of sp³-hybridized carbons (Fsp3) is 0.458. The summed E-state index contributed by atoms with van der Waals surface area (Å²) in [4.78, 5) is 13.1. The molecule has 1 aliphatic heterocycles. The first-order valence-electron chi connectivity index (χ1n) is 10.0. The van der Waals surface area contributed by atoms with Crippen molar-refractivity contribution in [3.8, 4) is 11.5 Å². The predicted molar refractivity (Wildman–Crippen MR) is 112 cm³/mol. The molecule has 1 amide bonds. The fourth-order valence-corrected chi connectivity index (χ4v) is 3.68. The van der Waals surface area contributed by atoms with Crippen LogP contribution < -0.4 is 14.8 Å². The SMILES string of the molecule is CC[C@@H](Oc1cccc(C)c1C)C(=O)N[C@@H]1CC(C)(C)Oc2cc(C)ccc21. The summed E-state index contributed by atoms with van der Waals surface area (Å²) in [5, 5.41) is 3.21. The van der Waals surface area contributed by atoms with E-state index in [1.165, 1.54) is 0 Å². The molecule has 4 nitrogen and oxygen atoms in total. The molecule has 0 unspecified atom stereocenters. The lowest BCUT2D eigenvalue weighted by molar-refractivity contribution is -0.129. The third-order valence-corrected chi connectivity index (χ3v) is 5.43. The molecule has 3 rings (SSSR count).